The van der Waals surface area contributed by atoms with Crippen LogP contribution >= 0.6 is 0 Å². The lowest BCUT2D eigenvalue weighted by Gasteiger charge is -2.32. The van der Waals surface area contributed by atoms with Gasteiger partial charge >= 0.3 is 36.4 Å². The van der Waals surface area contributed by atoms with Crippen molar-refractivity contribution in [2.45, 2.75) is 206 Å². The Bertz CT molecular complexity index is 6020. The summed E-state index contributed by atoms with van der Waals surface area (Å²) in [7, 11) is 11.2. The highest BCUT2D eigenvalue weighted by atomic mass is 16.6. The molecule has 4 saturated heterocycles. The number of nitrogens with zero attached hydrogens (tertiary/aromatic N) is 8. The number of benzene rings is 6. The van der Waals surface area contributed by atoms with Crippen molar-refractivity contribution in [3.63, 3.8) is 0 Å². The minimum absolute atomic E-state index is 0.0184. The highest BCUT2D eigenvalue weighted by Crippen LogP contribution is 2.48. The molecule has 6 aliphatic heterocycles. The van der Waals surface area contributed by atoms with Crippen LogP contribution in [0.2, 0.25) is 0 Å². The quantitative estimate of drug-likeness (QED) is 0.0254. The van der Waals surface area contributed by atoms with Gasteiger partial charge in [0.05, 0.1) is 124 Å². The van der Waals surface area contributed by atoms with Crippen molar-refractivity contribution < 1.29 is 100 Å². The maximum absolute atomic E-state index is 14.0. The molecular formula is C97H122N16O21. The van der Waals surface area contributed by atoms with E-state index in [1.165, 1.54) is 42.5 Å². The van der Waals surface area contributed by atoms with E-state index < -0.39 is 72.3 Å². The molecule has 0 radical (unpaired) electrons. The van der Waals surface area contributed by atoms with E-state index >= 15 is 0 Å². The van der Waals surface area contributed by atoms with Crippen molar-refractivity contribution in [2.75, 3.05) is 83.2 Å². The van der Waals surface area contributed by atoms with E-state index in [9.17, 15) is 43.2 Å². The van der Waals surface area contributed by atoms with Crippen LogP contribution in [0.15, 0.2) is 97.3 Å². The van der Waals surface area contributed by atoms with Gasteiger partial charge < -0.3 is 113 Å². The molecule has 0 saturated carbocycles. The van der Waals surface area contributed by atoms with Gasteiger partial charge in [-0.05, 0) is 192 Å². The fraction of sp³-hybridized carbons (Fsp3) is 0.495. The molecule has 4 aromatic heterocycles. The zero-order valence-corrected chi connectivity index (χ0v) is 79.2. The summed E-state index contributed by atoms with van der Waals surface area (Å²) in [5, 5.41) is 22.8. The lowest BCUT2D eigenvalue weighted by molar-refractivity contribution is -0.143. The number of methoxy groups -OCH3 is 8. The number of carboxylic acids is 1. The average molecular weight is 1850 g/mol. The molecule has 6 aliphatic rings. The van der Waals surface area contributed by atoms with Crippen molar-refractivity contribution in [3.05, 3.63) is 132 Å². The minimum Gasteiger partial charge on any atom is -0.488 e. The molecule has 6 aromatic carbocycles. The van der Waals surface area contributed by atoms with E-state index in [0.29, 0.717) is 57.6 Å². The molecule has 8 amide bonds. The van der Waals surface area contributed by atoms with Crippen molar-refractivity contribution in [3.8, 4) is 56.3 Å². The zero-order valence-electron chi connectivity index (χ0n) is 79.2. The summed E-state index contributed by atoms with van der Waals surface area (Å²) in [6, 6.07) is 24.5. The third-order valence-electron chi connectivity index (χ3n) is 26.1. The lowest BCUT2D eigenvalue weighted by atomic mass is 9.92. The molecule has 4 fully saturated rings. The fourth-order valence-electron chi connectivity index (χ4n) is 19.0. The Morgan fingerprint density at radius 1 is 0.470 bits per heavy atom. The highest BCUT2D eigenvalue weighted by molar-refractivity contribution is 6.08. The number of ether oxygens (including phenoxy) is 11. The van der Waals surface area contributed by atoms with Gasteiger partial charge in [0.2, 0.25) is 17.7 Å². The number of hydrogen-bond acceptors (Lipinski definition) is 24. The van der Waals surface area contributed by atoms with Crippen molar-refractivity contribution in [2.24, 2.45) is 23.7 Å². The Hall–Kier alpha value is -13.1. The van der Waals surface area contributed by atoms with Gasteiger partial charge in [0.25, 0.3) is 0 Å². The number of alkyl carbamates (subject to hydrolysis) is 4. The van der Waals surface area contributed by atoms with Gasteiger partial charge in [-0.15, -0.1) is 0 Å². The Balaban J connectivity index is 0.000000190. The van der Waals surface area contributed by atoms with Crippen LogP contribution in [0.4, 0.5) is 24.0 Å². The van der Waals surface area contributed by atoms with Gasteiger partial charge in [-0.1, -0.05) is 64.1 Å². The number of hydrogen-bond donors (Lipinski definition) is 9. The number of amides is 8. The van der Waals surface area contributed by atoms with Gasteiger partial charge in [0.15, 0.2) is 6.04 Å². The predicted molar refractivity (Wildman–Crippen MR) is 496 cm³/mol. The molecule has 16 rings (SSSR count). The Morgan fingerprint density at radius 3 is 1.27 bits per heavy atom. The second-order valence-corrected chi connectivity index (χ2v) is 36.8. The molecule has 0 bridgehead atoms. The Morgan fingerprint density at radius 2 is 0.873 bits per heavy atom. The number of likely N-dealkylation sites (tertiary alicyclic amines) is 4. The second-order valence-electron chi connectivity index (χ2n) is 36.8. The number of carboxylic acid groups (broad SMARTS) is 1. The molecule has 0 spiro atoms. The summed E-state index contributed by atoms with van der Waals surface area (Å²) >= 11 is 0. The summed E-state index contributed by atoms with van der Waals surface area (Å²) in [5.74, 6) is 2.52. The molecule has 9 N–H and O–H groups in total. The number of fused-ring (bicyclic) bond motifs is 12. The molecule has 10 aromatic rings. The lowest BCUT2D eigenvalue weighted by Crippen LogP contribution is -2.54. The standard InChI is InChI=1S/C46H56N8O9.C44H53N7O7.C7H13NO5/c1-23(2)38(51-45(57)61-7)44(56)54-24(3)9-14-35(54)42-48-33-13-11-27-17-32-30-12-10-28(16-29(30)22-63-37(32)18-31(27)40(33)50-42)34-19-47-41(49-34)36-15-26(21-59-5)20-53(36)43(55)39(25(4)60-6)52-46(58)62-8;1-23(2)37(49-42(53)56-8)41(52)51-24(3)9-14-34(51)40-46-32-13-11-26-17-31-29-12-10-27(16-28(29)22-57-36(31)18-30(26)38(32)48-40)33-19-45-39(47-33)35-15-25(21-55-7)20-50(35)43(54)58-44(4,5)6;1-4(12-2)5(6(9)10)8-7(11)13-3/h10-13,16-19,23-26,35-36,38-39H,9,14-15,20-22H2,1-8H3,(H,47,49)(H,48,50)(H,51,57)(H,52,58);10-13,16-19,23-25,34-35,37H,9,14-15,20-22H2,1-8H3,(H,45,47)(H,46,48)(H,49,53);4-5H,1-3H3,(H,8,11)(H,9,10)/t24-,25+,26-,35-,36?,38?,39-;24-,25-,34-,35?,37?;4-,5+/m001/s1. The van der Waals surface area contributed by atoms with Crippen molar-refractivity contribution in [1.82, 2.24) is 80.7 Å². The highest BCUT2D eigenvalue weighted by Gasteiger charge is 2.47. The summed E-state index contributed by atoms with van der Waals surface area (Å²) in [4.78, 5) is 154. The molecule has 0 aliphatic carbocycles. The molecule has 134 heavy (non-hydrogen) atoms. The predicted octanol–water partition coefficient (Wildman–Crippen LogP) is 14.3. The molecular weight excluding hydrogens is 1730 g/mol. The number of aromatic nitrogens is 8. The Kier molecular flexibility index (Phi) is 29.8. The van der Waals surface area contributed by atoms with Crippen LogP contribution in [0.5, 0.6) is 11.5 Å². The second kappa shape index (κ2) is 41.2. The number of carbonyl (C=O) groups excluding carboxylic acids is 8. The number of rotatable bonds is 24. The molecule has 716 valence electrons. The van der Waals surface area contributed by atoms with E-state index in [2.05, 4.69) is 119 Å². The number of carbonyl (C=O) groups is 9. The molecule has 37 heteroatoms. The van der Waals surface area contributed by atoms with E-state index in [4.69, 9.17) is 72.4 Å². The van der Waals surface area contributed by atoms with Crippen LogP contribution in [0, 0.1) is 23.7 Å². The first-order valence-electron chi connectivity index (χ1n) is 45.2. The first kappa shape index (κ1) is 96.9. The number of nitrogens with one attached hydrogen (secondary N) is 8. The molecule has 10 heterocycles. The largest absolute Gasteiger partial charge is 0.488 e. The molecule has 14 atom stereocenters. The zero-order chi connectivity index (χ0) is 96.2. The fourth-order valence-corrected chi connectivity index (χ4v) is 19.0. The van der Waals surface area contributed by atoms with Crippen LogP contribution in [0.3, 0.4) is 0 Å². The van der Waals surface area contributed by atoms with Gasteiger partial charge in [0.1, 0.15) is 71.7 Å². The van der Waals surface area contributed by atoms with Crippen LogP contribution in [-0.2, 0) is 75.0 Å². The van der Waals surface area contributed by atoms with E-state index in [1.54, 1.807) is 37.1 Å². The van der Waals surface area contributed by atoms with Crippen molar-refractivity contribution in [1.29, 1.82) is 0 Å². The maximum atomic E-state index is 14.0. The smallest absolute Gasteiger partial charge is 0.410 e. The van der Waals surface area contributed by atoms with Gasteiger partial charge in [-0.2, -0.15) is 0 Å². The monoisotopic (exact) mass is 1850 g/mol. The summed E-state index contributed by atoms with van der Waals surface area (Å²) < 4.78 is 58.5. The number of H-pyrrole nitrogens is 4. The first-order valence-corrected chi connectivity index (χ1v) is 45.2. The molecule has 37 nitrogen and oxygen atoms in total. The SMILES string of the molecule is COC(=O)N[C@H](C(=O)O)[C@@H](C)OC.COC[C@H]1CC(c2ncc(-c3ccc4c(c3)COc3cc5c(ccc6[nH]c([C@@H]7CC[C@H](C)N7C(=O)C(NC(=O)OC)C(C)C)nc65)cc3-4)[nH]2)N(C(=O)OC(C)(C)C)C1.COC[C@H]1CC(c2ncc(-c3ccc4c(c3)COc3cc5c(ccc6[nH]c([C@@H]7CC[C@H](C)N7C(=O)C(NC(=O)OC)C(C)C)nc65)cc3-4)[nH]2)N(C(=O)[C@@H](NC(=O)OC)[C@@H](C)OC)C1. The van der Waals surface area contributed by atoms with Crippen LogP contribution in [-0.4, -0.2) is 256 Å². The summed E-state index contributed by atoms with van der Waals surface area (Å²) in [6.45, 7) is 23.3. The van der Waals surface area contributed by atoms with E-state index in [-0.39, 0.29) is 83.7 Å². The summed E-state index contributed by atoms with van der Waals surface area (Å²) in [5.41, 5.74) is 12.5. The van der Waals surface area contributed by atoms with Gasteiger partial charge in [0, 0.05) is 87.3 Å². The van der Waals surface area contributed by atoms with E-state index in [1.807, 2.05) is 90.4 Å². The molecule has 4 unspecified atom stereocenters. The van der Waals surface area contributed by atoms with Crippen LogP contribution in [0.1, 0.15) is 173 Å². The van der Waals surface area contributed by atoms with Crippen molar-refractivity contribution >= 4 is 97.8 Å². The number of aliphatic carboxylic acids is 1. The summed E-state index contributed by atoms with van der Waals surface area (Å²) in [6.07, 6.45) is 3.73. The van der Waals surface area contributed by atoms with Crippen LogP contribution < -0.4 is 30.7 Å². The average Bonchev–Trinajstić information content (AvgIpc) is 1.43. The third-order valence-corrected chi connectivity index (χ3v) is 26.1. The maximum Gasteiger partial charge on any atom is 0.410 e. The first-order chi connectivity index (χ1) is 64.1. The minimum atomic E-state index is -1.17. The Labute approximate surface area is 776 Å². The number of aromatic amines is 4. The van der Waals surface area contributed by atoms with Gasteiger partial charge in [-0.3, -0.25) is 19.3 Å². The normalized spacial score (nSPS) is 20.2. The topological polar surface area (TPSA) is 451 Å². The van der Waals surface area contributed by atoms with Crippen LogP contribution in [0.25, 0.3) is 88.4 Å². The number of imidazole rings is 4. The van der Waals surface area contributed by atoms with Gasteiger partial charge in [-0.25, -0.2) is 48.7 Å². The third kappa shape index (κ3) is 20.5. The van der Waals surface area contributed by atoms with E-state index in [0.717, 1.165) is 162 Å².